The quantitative estimate of drug-likeness (QED) is 0.108. The number of aliphatic hydroxyl groups is 1. The number of aryl methyl sites for hydroxylation is 2. The molecule has 1 aliphatic rings. The largest absolute Gasteiger partial charge is 0.497 e. The van der Waals surface area contributed by atoms with Crippen molar-refractivity contribution in [3.8, 4) is 39.5 Å². The SMILES string of the molecule is COc1cc(CO)cc(N2CCN(C(C)C)Cc3c2ccc2ncc(-c4cnn(C)c4)cc32)c1Cl.COc1cc(OC)c(Cl)c(N(CCNC(C)C)c2ccc3ncc(-c4cnn(C)c4)cc3c2)c1. The van der Waals surface area contributed by atoms with E-state index < -0.39 is 0 Å². The van der Waals surface area contributed by atoms with Crippen molar-refractivity contribution in [2.24, 2.45) is 14.1 Å². The molecule has 0 spiro atoms. The number of benzene rings is 4. The van der Waals surface area contributed by atoms with Gasteiger partial charge in [-0.05, 0) is 79.6 Å². The van der Waals surface area contributed by atoms with Crippen LogP contribution in [0.5, 0.6) is 17.2 Å². The number of hydrogen-bond acceptors (Lipinski definition) is 12. The highest BCUT2D eigenvalue weighted by atomic mass is 35.5. The maximum atomic E-state index is 9.88. The first-order valence-corrected chi connectivity index (χ1v) is 23.7. The first-order valence-electron chi connectivity index (χ1n) is 23.0. The van der Waals surface area contributed by atoms with E-state index in [1.165, 1.54) is 5.56 Å². The minimum atomic E-state index is -0.0878. The van der Waals surface area contributed by atoms with Gasteiger partial charge in [-0.1, -0.05) is 37.0 Å². The molecule has 0 amide bonds. The highest BCUT2D eigenvalue weighted by molar-refractivity contribution is 6.35. The summed E-state index contributed by atoms with van der Waals surface area (Å²) in [7, 11) is 8.67. The molecule has 16 heteroatoms. The lowest BCUT2D eigenvalue weighted by atomic mass is 10.0. The molecule has 1 aliphatic heterocycles. The fraction of sp³-hybridized carbons (Fsp3) is 0.321. The number of anilines is 4. The molecule has 0 saturated carbocycles. The molecule has 14 nitrogen and oxygen atoms in total. The summed E-state index contributed by atoms with van der Waals surface area (Å²) in [5.74, 6) is 1.81. The van der Waals surface area contributed by atoms with E-state index in [4.69, 9.17) is 42.4 Å². The Morgan fingerprint density at radius 2 is 1.38 bits per heavy atom. The zero-order chi connectivity index (χ0) is 48.9. The van der Waals surface area contributed by atoms with Gasteiger partial charge in [0.15, 0.2) is 0 Å². The third-order valence-electron chi connectivity index (χ3n) is 12.4. The first kappa shape index (κ1) is 49.0. The highest BCUT2D eigenvalue weighted by Gasteiger charge is 2.27. The van der Waals surface area contributed by atoms with Crippen molar-refractivity contribution in [2.45, 2.75) is 52.9 Å². The molecule has 0 radical (unpaired) electrons. The lowest BCUT2D eigenvalue weighted by Gasteiger charge is -2.28. The van der Waals surface area contributed by atoms with Crippen LogP contribution in [0, 0.1) is 0 Å². The molecule has 0 unspecified atom stereocenters. The minimum absolute atomic E-state index is 0.0878. The van der Waals surface area contributed by atoms with Crippen LogP contribution < -0.4 is 29.3 Å². The van der Waals surface area contributed by atoms with E-state index >= 15 is 0 Å². The van der Waals surface area contributed by atoms with Crippen LogP contribution >= 0.6 is 23.2 Å². The molecule has 8 aromatic rings. The summed E-state index contributed by atoms with van der Waals surface area (Å²) in [4.78, 5) is 16.4. The van der Waals surface area contributed by atoms with Crippen molar-refractivity contribution in [3.05, 3.63) is 125 Å². The minimum Gasteiger partial charge on any atom is -0.497 e. The van der Waals surface area contributed by atoms with Crippen molar-refractivity contribution in [1.29, 1.82) is 0 Å². The van der Waals surface area contributed by atoms with Gasteiger partial charge in [0.25, 0.3) is 0 Å². The van der Waals surface area contributed by atoms with Crippen LogP contribution in [0.3, 0.4) is 0 Å². The normalized spacial score (nSPS) is 12.9. The van der Waals surface area contributed by atoms with Gasteiger partial charge in [0.2, 0.25) is 0 Å². The Labute approximate surface area is 414 Å². The molecule has 0 fully saturated rings. The summed E-state index contributed by atoms with van der Waals surface area (Å²) in [6.07, 6.45) is 11.5. The van der Waals surface area contributed by atoms with E-state index in [9.17, 15) is 5.11 Å². The molecule has 0 bridgehead atoms. The molecule has 69 heavy (non-hydrogen) atoms. The number of halogens is 2. The Balaban J connectivity index is 0.000000186. The van der Waals surface area contributed by atoms with Gasteiger partial charge in [-0.2, -0.15) is 10.2 Å². The summed E-state index contributed by atoms with van der Waals surface area (Å²) in [6, 6.07) is 23.0. The standard InChI is InChI=1S/C27H30ClN5O2.C26H30ClN5O2/c1-17(2)32-7-8-33(25-9-18(16-34)10-26(35-4)27(25)28)24-6-5-23-21(22(24)15-32)11-19(12-29-23)20-13-30-31(3)14-20;1-17(2)28-8-9-32(24-12-22(33-4)13-25(34-5)26(24)27)21-6-7-23-18(11-21)10-19(14-29-23)20-15-30-31(3)16-20/h5-6,9-14,17,34H,7-8,15-16H2,1-4H3;6-7,10-17,28H,8-9H2,1-5H3. The number of rotatable bonds is 14. The zero-order valence-corrected chi connectivity index (χ0v) is 42.2. The molecule has 360 valence electrons. The Morgan fingerprint density at radius 3 is 2.00 bits per heavy atom. The number of nitrogens with zero attached hydrogens (tertiary/aromatic N) is 9. The number of ether oxygens (including phenoxy) is 3. The molecular formula is C53H60Cl2N10O4. The summed E-state index contributed by atoms with van der Waals surface area (Å²) in [5.41, 5.74) is 11.7. The van der Waals surface area contributed by atoms with Gasteiger partial charge in [0.1, 0.15) is 27.3 Å². The second-order valence-electron chi connectivity index (χ2n) is 17.7. The topological polar surface area (TPSA) is 131 Å². The summed E-state index contributed by atoms with van der Waals surface area (Å²) >= 11 is 13.6. The molecule has 0 atom stereocenters. The third-order valence-corrected chi connectivity index (χ3v) is 13.2. The first-order chi connectivity index (χ1) is 33.3. The zero-order valence-electron chi connectivity index (χ0n) is 40.7. The number of fused-ring (bicyclic) bond motifs is 4. The number of hydrogen-bond donors (Lipinski definition) is 2. The van der Waals surface area contributed by atoms with Crippen molar-refractivity contribution in [3.63, 3.8) is 0 Å². The van der Waals surface area contributed by atoms with Crippen LogP contribution in [-0.2, 0) is 27.2 Å². The fourth-order valence-electron chi connectivity index (χ4n) is 8.68. The number of pyridine rings is 2. The van der Waals surface area contributed by atoms with Gasteiger partial charge in [0.05, 0.1) is 62.7 Å². The van der Waals surface area contributed by atoms with Gasteiger partial charge >= 0.3 is 0 Å². The number of aromatic nitrogens is 6. The van der Waals surface area contributed by atoms with E-state index in [0.717, 1.165) is 98.6 Å². The third kappa shape index (κ3) is 10.8. The lowest BCUT2D eigenvalue weighted by molar-refractivity contribution is 0.224. The predicted molar refractivity (Wildman–Crippen MR) is 279 cm³/mol. The number of aliphatic hydroxyl groups excluding tert-OH is 1. The maximum absolute atomic E-state index is 9.88. The Hall–Kier alpha value is -6.42. The van der Waals surface area contributed by atoms with E-state index in [0.29, 0.717) is 45.9 Å². The van der Waals surface area contributed by atoms with E-state index in [2.05, 4.69) is 99.3 Å². The van der Waals surface area contributed by atoms with Crippen LogP contribution in [0.2, 0.25) is 10.0 Å². The second kappa shape index (κ2) is 21.5. The van der Waals surface area contributed by atoms with Crippen molar-refractivity contribution >= 4 is 67.8 Å². The van der Waals surface area contributed by atoms with Gasteiger partial charge in [0, 0.05) is 140 Å². The molecular weight excluding hydrogens is 912 g/mol. The van der Waals surface area contributed by atoms with E-state index in [1.807, 2.05) is 69.5 Å². The van der Waals surface area contributed by atoms with Crippen LogP contribution in [0.4, 0.5) is 22.7 Å². The highest BCUT2D eigenvalue weighted by Crippen LogP contribution is 2.44. The van der Waals surface area contributed by atoms with Crippen LogP contribution in [0.15, 0.2) is 104 Å². The smallest absolute Gasteiger partial charge is 0.143 e. The molecule has 4 aromatic heterocycles. The Kier molecular flexibility index (Phi) is 15.3. The molecule has 5 heterocycles. The summed E-state index contributed by atoms with van der Waals surface area (Å²) < 4.78 is 20.2. The lowest BCUT2D eigenvalue weighted by Crippen LogP contribution is -2.34. The summed E-state index contributed by atoms with van der Waals surface area (Å²) in [5, 5.41) is 25.2. The van der Waals surface area contributed by atoms with Gasteiger partial charge in [-0.3, -0.25) is 24.2 Å². The Bertz CT molecular complexity index is 3080. The number of nitrogens with one attached hydrogen (secondary N) is 1. The Morgan fingerprint density at radius 1 is 0.710 bits per heavy atom. The van der Waals surface area contributed by atoms with Crippen LogP contribution in [0.1, 0.15) is 38.8 Å². The van der Waals surface area contributed by atoms with Crippen LogP contribution in [-0.4, -0.2) is 99.1 Å². The van der Waals surface area contributed by atoms with Crippen LogP contribution in [0.25, 0.3) is 44.1 Å². The van der Waals surface area contributed by atoms with Gasteiger partial charge in [-0.25, -0.2) is 0 Å². The monoisotopic (exact) mass is 970 g/mol. The molecule has 0 aliphatic carbocycles. The van der Waals surface area contributed by atoms with E-state index in [-0.39, 0.29) is 6.61 Å². The molecule has 2 N–H and O–H groups in total. The maximum Gasteiger partial charge on any atom is 0.143 e. The average Bonchev–Trinajstić information content (AvgIpc) is 3.95. The molecule has 4 aromatic carbocycles. The average molecular weight is 972 g/mol. The summed E-state index contributed by atoms with van der Waals surface area (Å²) in [6.45, 7) is 12.5. The van der Waals surface area contributed by atoms with Gasteiger partial charge in [-0.15, -0.1) is 0 Å². The predicted octanol–water partition coefficient (Wildman–Crippen LogP) is 10.6. The van der Waals surface area contributed by atoms with Crippen molar-refractivity contribution < 1.29 is 19.3 Å². The molecule has 9 rings (SSSR count). The molecule has 0 saturated heterocycles. The second-order valence-corrected chi connectivity index (χ2v) is 18.4. The van der Waals surface area contributed by atoms with Crippen molar-refractivity contribution in [1.82, 2.24) is 39.7 Å². The number of methoxy groups -OCH3 is 3. The fourth-order valence-corrected chi connectivity index (χ4v) is 9.26. The van der Waals surface area contributed by atoms with Gasteiger partial charge < -0.3 is 34.4 Å². The van der Waals surface area contributed by atoms with Crippen molar-refractivity contribution in [2.75, 3.05) is 57.3 Å². The van der Waals surface area contributed by atoms with E-state index in [1.54, 1.807) is 42.8 Å².